The van der Waals surface area contributed by atoms with E-state index in [1.807, 2.05) is 30.3 Å². The summed E-state index contributed by atoms with van der Waals surface area (Å²) in [5.41, 5.74) is 1.53. The summed E-state index contributed by atoms with van der Waals surface area (Å²) in [6.07, 6.45) is 0. The SMILES string of the molecule is COc1ccc(OC)c(NC(=O)CSc2nc(-c3ccccc3)ns2)c1. The minimum absolute atomic E-state index is 0.155. The number of ether oxygens (including phenoxy) is 2. The molecule has 1 heterocycles. The summed E-state index contributed by atoms with van der Waals surface area (Å²) >= 11 is 2.63. The molecular weight excluding hydrogens is 370 g/mol. The van der Waals surface area contributed by atoms with Crippen molar-refractivity contribution < 1.29 is 14.3 Å². The van der Waals surface area contributed by atoms with E-state index < -0.39 is 0 Å². The minimum atomic E-state index is -0.155. The Morgan fingerprint density at radius 1 is 1.15 bits per heavy atom. The first-order valence-electron chi connectivity index (χ1n) is 7.73. The first-order valence-corrected chi connectivity index (χ1v) is 9.49. The van der Waals surface area contributed by atoms with Crippen molar-refractivity contribution in [3.63, 3.8) is 0 Å². The van der Waals surface area contributed by atoms with Crippen molar-refractivity contribution in [1.82, 2.24) is 9.36 Å². The van der Waals surface area contributed by atoms with Gasteiger partial charge in [-0.1, -0.05) is 42.1 Å². The van der Waals surface area contributed by atoms with Crippen LogP contribution in [0.15, 0.2) is 52.9 Å². The van der Waals surface area contributed by atoms with Gasteiger partial charge in [-0.05, 0) is 23.7 Å². The number of carbonyl (C=O) groups excluding carboxylic acids is 1. The number of rotatable bonds is 7. The van der Waals surface area contributed by atoms with Gasteiger partial charge in [0, 0.05) is 11.6 Å². The van der Waals surface area contributed by atoms with Gasteiger partial charge in [0.2, 0.25) is 5.91 Å². The van der Waals surface area contributed by atoms with Crippen molar-refractivity contribution in [3.05, 3.63) is 48.5 Å². The summed E-state index contributed by atoms with van der Waals surface area (Å²) in [7, 11) is 3.13. The Morgan fingerprint density at radius 2 is 1.96 bits per heavy atom. The number of nitrogens with one attached hydrogen (secondary N) is 1. The third kappa shape index (κ3) is 4.53. The molecule has 0 saturated carbocycles. The summed E-state index contributed by atoms with van der Waals surface area (Å²) in [4.78, 5) is 16.7. The highest BCUT2D eigenvalue weighted by atomic mass is 32.2. The third-order valence-electron chi connectivity index (χ3n) is 3.45. The first kappa shape index (κ1) is 18.2. The molecule has 0 aliphatic rings. The standard InChI is InChI=1S/C18H17N3O3S2/c1-23-13-8-9-15(24-2)14(10-13)19-16(22)11-25-18-20-17(21-26-18)12-6-4-3-5-7-12/h3-10H,11H2,1-2H3,(H,19,22). The number of methoxy groups -OCH3 is 2. The Morgan fingerprint density at radius 3 is 2.69 bits per heavy atom. The van der Waals surface area contributed by atoms with E-state index >= 15 is 0 Å². The van der Waals surface area contributed by atoms with Gasteiger partial charge < -0.3 is 14.8 Å². The number of hydrogen-bond acceptors (Lipinski definition) is 7. The van der Waals surface area contributed by atoms with Crippen molar-refractivity contribution in [1.29, 1.82) is 0 Å². The summed E-state index contributed by atoms with van der Waals surface area (Å²) < 4.78 is 15.5. The van der Waals surface area contributed by atoms with Crippen molar-refractivity contribution in [3.8, 4) is 22.9 Å². The lowest BCUT2D eigenvalue weighted by atomic mass is 10.2. The molecule has 0 unspecified atom stereocenters. The summed E-state index contributed by atoms with van der Waals surface area (Å²) in [6.45, 7) is 0. The lowest BCUT2D eigenvalue weighted by Gasteiger charge is -2.11. The van der Waals surface area contributed by atoms with E-state index in [1.165, 1.54) is 23.3 Å². The fourth-order valence-electron chi connectivity index (χ4n) is 2.20. The molecule has 0 spiro atoms. The van der Waals surface area contributed by atoms with Crippen molar-refractivity contribution in [2.45, 2.75) is 4.34 Å². The second-order valence-corrected chi connectivity index (χ2v) is 7.13. The van der Waals surface area contributed by atoms with Gasteiger partial charge in [0.1, 0.15) is 11.5 Å². The monoisotopic (exact) mass is 387 g/mol. The largest absolute Gasteiger partial charge is 0.497 e. The molecule has 6 nitrogen and oxygen atoms in total. The predicted molar refractivity (Wildman–Crippen MR) is 104 cm³/mol. The average molecular weight is 387 g/mol. The average Bonchev–Trinajstić information content (AvgIpc) is 3.16. The number of amides is 1. The van der Waals surface area contributed by atoms with Crippen LogP contribution in [-0.4, -0.2) is 35.2 Å². The van der Waals surface area contributed by atoms with E-state index in [0.29, 0.717) is 23.0 Å². The fraction of sp³-hybridized carbons (Fsp3) is 0.167. The molecule has 3 rings (SSSR count). The van der Waals surface area contributed by atoms with Crippen molar-refractivity contribution in [2.24, 2.45) is 0 Å². The van der Waals surface area contributed by atoms with Crippen LogP contribution < -0.4 is 14.8 Å². The van der Waals surface area contributed by atoms with E-state index in [0.717, 1.165) is 9.90 Å². The molecule has 1 amide bonds. The van der Waals surface area contributed by atoms with Crippen LogP contribution in [0.3, 0.4) is 0 Å². The number of carbonyl (C=O) groups is 1. The molecule has 0 atom stereocenters. The highest BCUT2D eigenvalue weighted by molar-refractivity contribution is 8.01. The molecule has 0 aliphatic carbocycles. The normalized spacial score (nSPS) is 10.4. The number of benzene rings is 2. The van der Waals surface area contributed by atoms with E-state index in [2.05, 4.69) is 14.7 Å². The Hall–Kier alpha value is -2.58. The summed E-state index contributed by atoms with van der Waals surface area (Å²) in [5.74, 6) is 1.96. The van der Waals surface area contributed by atoms with Crippen LogP contribution in [-0.2, 0) is 4.79 Å². The zero-order chi connectivity index (χ0) is 18.4. The van der Waals surface area contributed by atoms with Gasteiger partial charge in [-0.25, -0.2) is 4.98 Å². The number of hydrogen-bond donors (Lipinski definition) is 1. The smallest absolute Gasteiger partial charge is 0.234 e. The van der Waals surface area contributed by atoms with Gasteiger partial charge in [0.15, 0.2) is 10.2 Å². The fourth-order valence-corrected chi connectivity index (χ4v) is 3.61. The van der Waals surface area contributed by atoms with Crippen LogP contribution >= 0.6 is 23.3 Å². The first-order chi connectivity index (χ1) is 12.7. The van der Waals surface area contributed by atoms with Crippen molar-refractivity contribution >= 4 is 34.9 Å². The van der Waals surface area contributed by atoms with Gasteiger partial charge in [-0.2, -0.15) is 4.37 Å². The maximum absolute atomic E-state index is 12.3. The van der Waals surface area contributed by atoms with Gasteiger partial charge >= 0.3 is 0 Å². The van der Waals surface area contributed by atoms with Crippen LogP contribution in [0.2, 0.25) is 0 Å². The van der Waals surface area contributed by atoms with Gasteiger partial charge in [-0.15, -0.1) is 0 Å². The lowest BCUT2D eigenvalue weighted by Crippen LogP contribution is -2.14. The molecule has 1 N–H and O–H groups in total. The highest BCUT2D eigenvalue weighted by Gasteiger charge is 2.12. The van der Waals surface area contributed by atoms with E-state index in [9.17, 15) is 4.79 Å². The van der Waals surface area contributed by atoms with Crippen LogP contribution in [0.5, 0.6) is 11.5 Å². The van der Waals surface area contributed by atoms with Crippen LogP contribution in [0, 0.1) is 0 Å². The maximum Gasteiger partial charge on any atom is 0.234 e. The zero-order valence-electron chi connectivity index (χ0n) is 14.3. The van der Waals surface area contributed by atoms with Gasteiger partial charge in [0.05, 0.1) is 25.7 Å². The van der Waals surface area contributed by atoms with E-state index in [4.69, 9.17) is 9.47 Å². The predicted octanol–water partition coefficient (Wildman–Crippen LogP) is 3.95. The Bertz CT molecular complexity index is 884. The molecule has 2 aromatic carbocycles. The quantitative estimate of drug-likeness (QED) is 0.619. The summed E-state index contributed by atoms with van der Waals surface area (Å²) in [5, 5.41) is 2.84. The van der Waals surface area contributed by atoms with Crippen LogP contribution in [0.1, 0.15) is 0 Å². The number of anilines is 1. The molecule has 0 saturated heterocycles. The van der Waals surface area contributed by atoms with Gasteiger partial charge in [0.25, 0.3) is 0 Å². The molecule has 8 heteroatoms. The zero-order valence-corrected chi connectivity index (χ0v) is 15.9. The number of thioether (sulfide) groups is 1. The molecule has 0 bridgehead atoms. The third-order valence-corrected chi connectivity index (χ3v) is 5.28. The molecule has 1 aromatic heterocycles. The Labute approximate surface area is 159 Å². The van der Waals surface area contributed by atoms with E-state index in [-0.39, 0.29) is 11.7 Å². The second-order valence-electron chi connectivity index (χ2n) is 5.15. The van der Waals surface area contributed by atoms with Crippen LogP contribution in [0.25, 0.3) is 11.4 Å². The van der Waals surface area contributed by atoms with Gasteiger partial charge in [-0.3, -0.25) is 4.79 Å². The number of nitrogens with zero attached hydrogens (tertiary/aromatic N) is 2. The highest BCUT2D eigenvalue weighted by Crippen LogP contribution is 2.30. The molecule has 3 aromatic rings. The molecule has 26 heavy (non-hydrogen) atoms. The Balaban J connectivity index is 1.61. The number of aromatic nitrogens is 2. The summed E-state index contributed by atoms with van der Waals surface area (Å²) in [6, 6.07) is 15.0. The molecular formula is C18H17N3O3S2. The lowest BCUT2D eigenvalue weighted by molar-refractivity contribution is -0.113. The Kier molecular flexibility index (Phi) is 6.08. The second kappa shape index (κ2) is 8.68. The molecule has 0 radical (unpaired) electrons. The van der Waals surface area contributed by atoms with Crippen molar-refractivity contribution in [2.75, 3.05) is 25.3 Å². The van der Waals surface area contributed by atoms with Crippen LogP contribution in [0.4, 0.5) is 5.69 Å². The van der Waals surface area contributed by atoms with E-state index in [1.54, 1.807) is 32.4 Å². The minimum Gasteiger partial charge on any atom is -0.497 e. The topological polar surface area (TPSA) is 73.3 Å². The molecule has 134 valence electrons. The molecule has 0 fully saturated rings. The molecule has 0 aliphatic heterocycles. The maximum atomic E-state index is 12.3.